The van der Waals surface area contributed by atoms with Crippen molar-refractivity contribution in [2.45, 2.75) is 19.1 Å². The quantitative estimate of drug-likeness (QED) is 0.246. The van der Waals surface area contributed by atoms with Gasteiger partial charge >= 0.3 is 0 Å². The van der Waals surface area contributed by atoms with Gasteiger partial charge in [0.1, 0.15) is 35.4 Å². The monoisotopic (exact) mass is 597 g/mol. The molecule has 12 heteroatoms. The van der Waals surface area contributed by atoms with E-state index in [0.29, 0.717) is 45.3 Å². The Morgan fingerprint density at radius 3 is 2.59 bits per heavy atom. The van der Waals surface area contributed by atoms with Crippen molar-refractivity contribution in [3.8, 4) is 23.0 Å². The molecule has 0 fully saturated rings. The van der Waals surface area contributed by atoms with Crippen molar-refractivity contribution in [3.05, 3.63) is 102 Å². The first-order valence-corrected chi connectivity index (χ1v) is 13.7. The van der Waals surface area contributed by atoms with Gasteiger partial charge in [-0.1, -0.05) is 41.6 Å². The van der Waals surface area contributed by atoms with Gasteiger partial charge in [-0.15, -0.1) is 5.10 Å². The number of carbonyl (C=O) groups excluding carboxylic acids is 2. The van der Waals surface area contributed by atoms with E-state index in [1.165, 1.54) is 29.9 Å². The Balaban J connectivity index is 1.43. The maximum Gasteiger partial charge on any atom is 0.251 e. The second kappa shape index (κ2) is 12.3. The minimum absolute atomic E-state index is 0.0238. The molecule has 0 saturated heterocycles. The standard InChI is InChI=1S/C32H28FN5O6/c1-41-22-12-13-25(28(16-22)42-2)34-32(40)31(20-11-14-27-29(15-20)44-19-43-27)37(17-21-7-3-4-8-23(21)33)30(39)18-38-26-10-6-5-9-24(26)35-36-38/h3-16,31H,17-19H2,1-2H3,(H,34,40). The van der Waals surface area contributed by atoms with Crippen LogP contribution in [-0.4, -0.2) is 52.7 Å². The van der Waals surface area contributed by atoms with Crippen LogP contribution in [0.5, 0.6) is 23.0 Å². The molecule has 0 saturated carbocycles. The van der Waals surface area contributed by atoms with Crippen molar-refractivity contribution in [1.29, 1.82) is 0 Å². The van der Waals surface area contributed by atoms with Crippen LogP contribution in [0.1, 0.15) is 17.2 Å². The van der Waals surface area contributed by atoms with E-state index in [4.69, 9.17) is 18.9 Å². The molecule has 11 nitrogen and oxygen atoms in total. The zero-order chi connectivity index (χ0) is 30.6. The zero-order valence-electron chi connectivity index (χ0n) is 23.9. The molecule has 2 heterocycles. The van der Waals surface area contributed by atoms with E-state index in [1.807, 2.05) is 12.1 Å². The number of nitrogens with zero attached hydrogens (tertiary/aromatic N) is 4. The van der Waals surface area contributed by atoms with Gasteiger partial charge in [0.15, 0.2) is 11.5 Å². The average molecular weight is 598 g/mol. The molecule has 6 rings (SSSR count). The number of benzene rings is 4. The summed E-state index contributed by atoms with van der Waals surface area (Å²) in [7, 11) is 2.99. The second-order valence-electron chi connectivity index (χ2n) is 9.92. The lowest BCUT2D eigenvalue weighted by Gasteiger charge is -2.32. The van der Waals surface area contributed by atoms with Gasteiger partial charge in [-0.25, -0.2) is 9.07 Å². The number of hydrogen-bond acceptors (Lipinski definition) is 8. The Hall–Kier alpha value is -5.65. The fourth-order valence-electron chi connectivity index (χ4n) is 5.05. The molecule has 2 amide bonds. The number of halogens is 1. The highest BCUT2D eigenvalue weighted by atomic mass is 19.1. The van der Waals surface area contributed by atoms with Crippen molar-refractivity contribution in [3.63, 3.8) is 0 Å². The number of rotatable bonds is 10. The van der Waals surface area contributed by atoms with Gasteiger partial charge in [-0.3, -0.25) is 9.59 Å². The molecule has 1 unspecified atom stereocenters. The highest BCUT2D eigenvalue weighted by Gasteiger charge is 2.34. The topological polar surface area (TPSA) is 117 Å². The van der Waals surface area contributed by atoms with Crippen molar-refractivity contribution in [2.24, 2.45) is 0 Å². The van der Waals surface area contributed by atoms with Crippen LogP contribution in [0.25, 0.3) is 11.0 Å². The number of ether oxygens (including phenoxy) is 4. The number of hydrogen-bond donors (Lipinski definition) is 1. The number of fused-ring (bicyclic) bond motifs is 2. The molecule has 1 atom stereocenters. The van der Waals surface area contributed by atoms with Crippen LogP contribution in [0.2, 0.25) is 0 Å². The third-order valence-corrected chi connectivity index (χ3v) is 7.26. The normalized spacial score (nSPS) is 12.5. The van der Waals surface area contributed by atoms with Crippen molar-refractivity contribution < 1.29 is 32.9 Å². The largest absolute Gasteiger partial charge is 0.497 e. The van der Waals surface area contributed by atoms with Crippen LogP contribution >= 0.6 is 0 Å². The highest BCUT2D eigenvalue weighted by Crippen LogP contribution is 2.37. The highest BCUT2D eigenvalue weighted by molar-refractivity contribution is 5.99. The lowest BCUT2D eigenvalue weighted by Crippen LogP contribution is -2.42. The maximum absolute atomic E-state index is 15.0. The smallest absolute Gasteiger partial charge is 0.251 e. The van der Waals surface area contributed by atoms with E-state index in [0.717, 1.165) is 0 Å². The Morgan fingerprint density at radius 2 is 1.77 bits per heavy atom. The second-order valence-corrected chi connectivity index (χ2v) is 9.92. The number of amides is 2. The zero-order valence-corrected chi connectivity index (χ0v) is 23.9. The summed E-state index contributed by atoms with van der Waals surface area (Å²) >= 11 is 0. The third kappa shape index (κ3) is 5.69. The molecule has 44 heavy (non-hydrogen) atoms. The number of carbonyl (C=O) groups is 2. The van der Waals surface area contributed by atoms with Crippen LogP contribution in [-0.2, 0) is 22.7 Å². The average Bonchev–Trinajstić information content (AvgIpc) is 3.68. The van der Waals surface area contributed by atoms with E-state index in [1.54, 1.807) is 66.7 Å². The van der Waals surface area contributed by atoms with Crippen molar-refractivity contribution in [1.82, 2.24) is 19.9 Å². The van der Waals surface area contributed by atoms with Crippen LogP contribution in [0.15, 0.2) is 84.9 Å². The third-order valence-electron chi connectivity index (χ3n) is 7.26. The van der Waals surface area contributed by atoms with Crippen LogP contribution in [0.3, 0.4) is 0 Å². The van der Waals surface area contributed by atoms with E-state index in [2.05, 4.69) is 15.6 Å². The minimum atomic E-state index is -1.24. The summed E-state index contributed by atoms with van der Waals surface area (Å²) in [4.78, 5) is 29.8. The number of aromatic nitrogens is 3. The van der Waals surface area contributed by atoms with E-state index >= 15 is 4.39 Å². The molecular weight excluding hydrogens is 569 g/mol. The van der Waals surface area contributed by atoms with Gasteiger partial charge in [-0.05, 0) is 48.0 Å². The predicted octanol–water partition coefficient (Wildman–Crippen LogP) is 4.73. The molecule has 224 valence electrons. The molecule has 0 bridgehead atoms. The Labute approximate surface area is 251 Å². The number of anilines is 1. The van der Waals surface area contributed by atoms with Crippen LogP contribution in [0.4, 0.5) is 10.1 Å². The van der Waals surface area contributed by atoms with Crippen LogP contribution < -0.4 is 24.3 Å². The summed E-state index contributed by atoms with van der Waals surface area (Å²) in [6, 6.07) is 22.0. The van der Waals surface area contributed by atoms with Gasteiger partial charge in [-0.2, -0.15) is 0 Å². The van der Waals surface area contributed by atoms with Gasteiger partial charge in [0, 0.05) is 18.2 Å². The molecule has 1 aliphatic rings. The number of nitrogens with one attached hydrogen (secondary N) is 1. The van der Waals surface area contributed by atoms with Crippen molar-refractivity contribution >= 4 is 28.5 Å². The van der Waals surface area contributed by atoms with E-state index < -0.39 is 23.7 Å². The summed E-state index contributed by atoms with van der Waals surface area (Å²) in [5.41, 5.74) is 2.25. The van der Waals surface area contributed by atoms with Crippen LogP contribution in [0, 0.1) is 5.82 Å². The molecule has 1 N–H and O–H groups in total. The number of para-hydroxylation sites is 1. The molecule has 0 aliphatic carbocycles. The molecule has 0 spiro atoms. The molecule has 1 aromatic heterocycles. The first kappa shape index (κ1) is 28.5. The summed E-state index contributed by atoms with van der Waals surface area (Å²) < 4.78 is 38.3. The predicted molar refractivity (Wildman–Crippen MR) is 158 cm³/mol. The summed E-state index contributed by atoms with van der Waals surface area (Å²) in [6.45, 7) is -0.449. The summed E-state index contributed by atoms with van der Waals surface area (Å²) in [5.74, 6) is 0.225. The van der Waals surface area contributed by atoms with E-state index in [9.17, 15) is 9.59 Å². The molecule has 1 aliphatic heterocycles. The van der Waals surface area contributed by atoms with Gasteiger partial charge < -0.3 is 29.2 Å². The molecule has 0 radical (unpaired) electrons. The minimum Gasteiger partial charge on any atom is -0.497 e. The van der Waals surface area contributed by atoms with Crippen molar-refractivity contribution in [2.75, 3.05) is 26.3 Å². The Morgan fingerprint density at radius 1 is 0.977 bits per heavy atom. The first-order chi connectivity index (χ1) is 21.4. The first-order valence-electron chi connectivity index (χ1n) is 13.7. The van der Waals surface area contributed by atoms with E-state index in [-0.39, 0.29) is 25.4 Å². The summed E-state index contributed by atoms with van der Waals surface area (Å²) in [5, 5.41) is 11.2. The Bertz CT molecular complexity index is 1840. The fourth-order valence-corrected chi connectivity index (χ4v) is 5.05. The number of methoxy groups -OCH3 is 2. The Kier molecular flexibility index (Phi) is 7.96. The van der Waals surface area contributed by atoms with Gasteiger partial charge in [0.05, 0.1) is 25.4 Å². The fraction of sp³-hybridized carbons (Fsp3) is 0.188. The maximum atomic E-state index is 15.0. The summed E-state index contributed by atoms with van der Waals surface area (Å²) in [6.07, 6.45) is 0. The lowest BCUT2D eigenvalue weighted by molar-refractivity contribution is -0.140. The van der Waals surface area contributed by atoms with Gasteiger partial charge in [0.2, 0.25) is 12.7 Å². The SMILES string of the molecule is COc1ccc(NC(=O)C(c2ccc3c(c2)OCO3)N(Cc2ccccc2F)C(=O)Cn2nnc3ccccc32)c(OC)c1. The van der Waals surface area contributed by atoms with Gasteiger partial charge in [0.25, 0.3) is 5.91 Å². The molecular formula is C32H28FN5O6. The molecule has 4 aromatic carbocycles. The molecule has 5 aromatic rings. The lowest BCUT2D eigenvalue weighted by atomic mass is 10.0.